The number of rotatable bonds is 2. The van der Waals surface area contributed by atoms with Gasteiger partial charge in [0.05, 0.1) is 21.0 Å². The molecule has 0 spiro atoms. The van der Waals surface area contributed by atoms with Crippen LogP contribution in [0, 0.1) is 5.82 Å². The third-order valence-corrected chi connectivity index (χ3v) is 4.49. The number of nitrogens with zero attached hydrogens (tertiary/aromatic N) is 1. The predicted molar refractivity (Wildman–Crippen MR) is 79.6 cm³/mol. The van der Waals surface area contributed by atoms with Crippen molar-refractivity contribution in [2.24, 2.45) is 0 Å². The molecule has 0 atom stereocenters. The van der Waals surface area contributed by atoms with E-state index in [1.54, 1.807) is 6.07 Å². The second-order valence-corrected chi connectivity index (χ2v) is 7.08. The van der Waals surface area contributed by atoms with Crippen LogP contribution in [-0.2, 0) is 9.84 Å². The number of imidazole rings is 1. The molecule has 0 aliphatic carbocycles. The summed E-state index contributed by atoms with van der Waals surface area (Å²) in [6, 6.07) is 8.63. The normalized spacial score (nSPS) is 12.0. The Bertz CT molecular complexity index is 951. The summed E-state index contributed by atoms with van der Waals surface area (Å²) in [7, 11) is -3.29. The van der Waals surface area contributed by atoms with E-state index in [9.17, 15) is 12.8 Å². The molecule has 0 fully saturated rings. The molecule has 0 bridgehead atoms. The summed E-state index contributed by atoms with van der Waals surface area (Å²) in [5.74, 6) is 0.0277. The van der Waals surface area contributed by atoms with Crippen LogP contribution >= 0.6 is 11.6 Å². The van der Waals surface area contributed by atoms with Crippen molar-refractivity contribution >= 4 is 32.5 Å². The van der Waals surface area contributed by atoms with E-state index in [-0.39, 0.29) is 9.92 Å². The highest BCUT2D eigenvalue weighted by Crippen LogP contribution is 2.28. The number of aromatic nitrogens is 2. The lowest BCUT2D eigenvalue weighted by Crippen LogP contribution is -1.96. The monoisotopic (exact) mass is 324 g/mol. The van der Waals surface area contributed by atoms with Crippen molar-refractivity contribution in [3.05, 3.63) is 47.2 Å². The molecule has 1 heterocycles. The van der Waals surface area contributed by atoms with Gasteiger partial charge in [0, 0.05) is 11.8 Å². The first kappa shape index (κ1) is 14.0. The first-order chi connectivity index (χ1) is 9.84. The average molecular weight is 325 g/mol. The number of nitrogens with one attached hydrogen (secondary N) is 1. The minimum Gasteiger partial charge on any atom is -0.338 e. The van der Waals surface area contributed by atoms with Crippen LogP contribution in [0.5, 0.6) is 0 Å². The highest BCUT2D eigenvalue weighted by molar-refractivity contribution is 7.90. The third-order valence-electron chi connectivity index (χ3n) is 3.07. The van der Waals surface area contributed by atoms with Gasteiger partial charge in [-0.1, -0.05) is 11.6 Å². The van der Waals surface area contributed by atoms with E-state index in [1.807, 2.05) is 0 Å². The van der Waals surface area contributed by atoms with E-state index in [1.165, 1.54) is 30.3 Å². The zero-order chi connectivity index (χ0) is 15.2. The Balaban J connectivity index is 2.17. The average Bonchev–Trinajstić information content (AvgIpc) is 2.79. The number of benzene rings is 2. The van der Waals surface area contributed by atoms with Gasteiger partial charge in [-0.05, 0) is 36.4 Å². The van der Waals surface area contributed by atoms with Gasteiger partial charge >= 0.3 is 0 Å². The number of aromatic amines is 1. The number of hydrogen-bond donors (Lipinski definition) is 1. The molecule has 0 aliphatic heterocycles. The number of sulfone groups is 1. The highest BCUT2D eigenvalue weighted by Gasteiger charge is 2.12. The van der Waals surface area contributed by atoms with E-state index >= 15 is 0 Å². The largest absolute Gasteiger partial charge is 0.338 e. The summed E-state index contributed by atoms with van der Waals surface area (Å²) in [5.41, 5.74) is 1.74. The van der Waals surface area contributed by atoms with Gasteiger partial charge in [-0.2, -0.15) is 0 Å². The summed E-state index contributed by atoms with van der Waals surface area (Å²) >= 11 is 6.00. The van der Waals surface area contributed by atoms with Crippen LogP contribution in [0.25, 0.3) is 22.4 Å². The molecular weight excluding hydrogens is 315 g/mol. The van der Waals surface area contributed by atoms with Crippen LogP contribution in [0.1, 0.15) is 0 Å². The SMILES string of the molecule is CS(=O)(=O)c1ccc2nc(-c3ccc(F)cc3Cl)[nH]c2c1. The minimum atomic E-state index is -3.29. The molecule has 21 heavy (non-hydrogen) atoms. The Hall–Kier alpha value is -1.92. The molecule has 0 aliphatic rings. The van der Waals surface area contributed by atoms with E-state index in [0.29, 0.717) is 22.4 Å². The Morgan fingerprint density at radius 2 is 1.95 bits per heavy atom. The van der Waals surface area contributed by atoms with E-state index < -0.39 is 15.7 Å². The van der Waals surface area contributed by atoms with Crippen molar-refractivity contribution < 1.29 is 12.8 Å². The molecule has 1 aromatic heterocycles. The topological polar surface area (TPSA) is 62.8 Å². The van der Waals surface area contributed by atoms with Crippen molar-refractivity contribution in [3.63, 3.8) is 0 Å². The summed E-state index contributed by atoms with van der Waals surface area (Å²) in [5, 5.41) is 0.234. The highest BCUT2D eigenvalue weighted by atomic mass is 35.5. The number of hydrogen-bond acceptors (Lipinski definition) is 3. The van der Waals surface area contributed by atoms with Crippen molar-refractivity contribution in [2.75, 3.05) is 6.26 Å². The van der Waals surface area contributed by atoms with Crippen LogP contribution in [0.3, 0.4) is 0 Å². The summed E-state index contributed by atoms with van der Waals surface area (Å²) in [6.45, 7) is 0. The summed E-state index contributed by atoms with van der Waals surface area (Å²) in [6.07, 6.45) is 1.14. The molecule has 0 saturated carbocycles. The second kappa shape index (κ2) is 4.82. The molecule has 3 rings (SSSR count). The minimum absolute atomic E-state index is 0.204. The van der Waals surface area contributed by atoms with Crippen molar-refractivity contribution in [1.29, 1.82) is 0 Å². The Morgan fingerprint density at radius 3 is 2.62 bits per heavy atom. The number of fused-ring (bicyclic) bond motifs is 1. The predicted octanol–water partition coefficient (Wildman–Crippen LogP) is 3.43. The van der Waals surface area contributed by atoms with Crippen molar-refractivity contribution in [1.82, 2.24) is 9.97 Å². The number of halogens is 2. The molecule has 2 aromatic carbocycles. The fraction of sp³-hybridized carbons (Fsp3) is 0.0714. The van der Waals surface area contributed by atoms with Crippen molar-refractivity contribution in [3.8, 4) is 11.4 Å². The lowest BCUT2D eigenvalue weighted by molar-refractivity contribution is 0.602. The number of H-pyrrole nitrogens is 1. The van der Waals surface area contributed by atoms with E-state index in [0.717, 1.165) is 6.26 Å². The second-order valence-electron chi connectivity index (χ2n) is 4.66. The van der Waals surface area contributed by atoms with Crippen LogP contribution in [0.2, 0.25) is 5.02 Å². The molecule has 0 amide bonds. The molecular formula is C14H10ClFN2O2S. The van der Waals surface area contributed by atoms with E-state index in [4.69, 9.17) is 11.6 Å². The summed E-state index contributed by atoms with van der Waals surface area (Å²) in [4.78, 5) is 7.55. The fourth-order valence-electron chi connectivity index (χ4n) is 2.03. The first-order valence-electron chi connectivity index (χ1n) is 6.00. The van der Waals surface area contributed by atoms with Gasteiger partial charge in [-0.25, -0.2) is 17.8 Å². The third kappa shape index (κ3) is 2.64. The Kier molecular flexibility index (Phi) is 3.22. The maximum absolute atomic E-state index is 13.1. The maximum atomic E-state index is 13.1. The van der Waals surface area contributed by atoms with Crippen LogP contribution < -0.4 is 0 Å². The molecule has 4 nitrogen and oxygen atoms in total. The molecule has 0 saturated heterocycles. The molecule has 1 N–H and O–H groups in total. The molecule has 7 heteroatoms. The molecule has 108 valence electrons. The zero-order valence-electron chi connectivity index (χ0n) is 10.9. The van der Waals surface area contributed by atoms with Gasteiger partial charge in [0.15, 0.2) is 9.84 Å². The fourth-order valence-corrected chi connectivity index (χ4v) is 2.93. The van der Waals surface area contributed by atoms with Gasteiger partial charge in [0.25, 0.3) is 0 Å². The lowest BCUT2D eigenvalue weighted by atomic mass is 10.2. The molecule has 0 radical (unpaired) electrons. The molecule has 0 unspecified atom stereocenters. The summed E-state index contributed by atoms with van der Waals surface area (Å²) < 4.78 is 36.2. The van der Waals surface area contributed by atoms with Gasteiger partial charge in [0.2, 0.25) is 0 Å². The quantitative estimate of drug-likeness (QED) is 0.785. The van der Waals surface area contributed by atoms with Crippen LogP contribution in [0.4, 0.5) is 4.39 Å². The van der Waals surface area contributed by atoms with Crippen LogP contribution in [0.15, 0.2) is 41.3 Å². The van der Waals surface area contributed by atoms with Crippen LogP contribution in [-0.4, -0.2) is 24.6 Å². The van der Waals surface area contributed by atoms with Gasteiger partial charge in [-0.3, -0.25) is 0 Å². The van der Waals surface area contributed by atoms with Gasteiger partial charge in [-0.15, -0.1) is 0 Å². The van der Waals surface area contributed by atoms with Gasteiger partial charge in [0.1, 0.15) is 11.6 Å². The first-order valence-corrected chi connectivity index (χ1v) is 8.27. The van der Waals surface area contributed by atoms with E-state index in [2.05, 4.69) is 9.97 Å². The standard InChI is InChI=1S/C14H10ClFN2O2S/c1-21(19,20)9-3-5-12-13(7-9)18-14(17-12)10-4-2-8(16)6-11(10)15/h2-7H,1H3,(H,17,18). The molecule has 3 aromatic rings. The smallest absolute Gasteiger partial charge is 0.175 e. The zero-order valence-corrected chi connectivity index (χ0v) is 12.5. The Morgan fingerprint density at radius 1 is 1.19 bits per heavy atom. The van der Waals surface area contributed by atoms with Gasteiger partial charge < -0.3 is 4.98 Å². The van der Waals surface area contributed by atoms with Crippen molar-refractivity contribution in [2.45, 2.75) is 4.90 Å². The Labute approximate surface area is 125 Å². The lowest BCUT2D eigenvalue weighted by Gasteiger charge is -1.99. The maximum Gasteiger partial charge on any atom is 0.175 e.